The predicted molar refractivity (Wildman–Crippen MR) is 115 cm³/mol. The van der Waals surface area contributed by atoms with Gasteiger partial charge in [0, 0.05) is 27.6 Å². The fourth-order valence-electron chi connectivity index (χ4n) is 3.14. The number of nitrogens with two attached hydrogens (primary N) is 1. The van der Waals surface area contributed by atoms with Gasteiger partial charge in [-0.2, -0.15) is 0 Å². The molecule has 0 radical (unpaired) electrons. The third-order valence-electron chi connectivity index (χ3n) is 4.55. The zero-order valence-corrected chi connectivity index (χ0v) is 16.3. The van der Waals surface area contributed by atoms with Crippen molar-refractivity contribution in [2.45, 2.75) is 6.42 Å². The molecule has 3 aromatic heterocycles. The molecular weight excluding hydrogens is 404 g/mol. The van der Waals surface area contributed by atoms with Crippen LogP contribution in [0.4, 0.5) is 5.69 Å². The standard InChI is InChI=1S/C21H16N4O4S/c22-20(28)17-18-15(25-21(29)19(17)27)7-5-13(24-18)9-14-6-8-16(30-14)11-1-3-12(4-2-11)23-10-26/h1-8,10,27H,9H2,(H2,22,28)(H,23,26)(H,25,29). The van der Waals surface area contributed by atoms with Crippen LogP contribution in [0.1, 0.15) is 20.9 Å². The van der Waals surface area contributed by atoms with Gasteiger partial charge in [0.2, 0.25) is 6.41 Å². The quantitative estimate of drug-likeness (QED) is 0.355. The van der Waals surface area contributed by atoms with Crippen LogP contribution in [-0.2, 0) is 11.2 Å². The van der Waals surface area contributed by atoms with E-state index in [-0.39, 0.29) is 11.1 Å². The molecule has 0 bridgehead atoms. The number of benzene rings is 1. The van der Waals surface area contributed by atoms with Crippen LogP contribution < -0.4 is 16.6 Å². The number of carbonyl (C=O) groups excluding carboxylic acids is 2. The molecule has 4 rings (SSSR count). The van der Waals surface area contributed by atoms with Crippen molar-refractivity contribution in [2.24, 2.45) is 5.73 Å². The smallest absolute Gasteiger partial charge is 0.291 e. The van der Waals surface area contributed by atoms with E-state index in [2.05, 4.69) is 15.3 Å². The summed E-state index contributed by atoms with van der Waals surface area (Å²) >= 11 is 1.59. The number of fused-ring (bicyclic) bond motifs is 1. The molecule has 150 valence electrons. The number of primary amides is 1. The number of thiophene rings is 1. The number of hydrogen-bond acceptors (Lipinski definition) is 6. The Kier molecular flexibility index (Phi) is 5.03. The average Bonchev–Trinajstić information content (AvgIpc) is 3.18. The van der Waals surface area contributed by atoms with E-state index >= 15 is 0 Å². The van der Waals surface area contributed by atoms with Gasteiger partial charge in [0.1, 0.15) is 11.1 Å². The summed E-state index contributed by atoms with van der Waals surface area (Å²) in [5.41, 5.74) is 7.15. The molecule has 30 heavy (non-hydrogen) atoms. The number of nitrogens with zero attached hydrogens (tertiary/aromatic N) is 1. The SMILES string of the molecule is NC(=O)c1c(O)c(=O)[nH]c2ccc(Cc3ccc(-c4ccc(NC=O)cc4)s3)nc12. The number of aromatic nitrogens is 2. The monoisotopic (exact) mass is 420 g/mol. The maximum Gasteiger partial charge on any atom is 0.291 e. The average molecular weight is 420 g/mol. The first-order valence-corrected chi connectivity index (χ1v) is 9.72. The Labute approximate surface area is 174 Å². The lowest BCUT2D eigenvalue weighted by molar-refractivity contribution is -0.105. The minimum Gasteiger partial charge on any atom is -0.502 e. The maximum atomic E-state index is 11.8. The molecule has 0 saturated carbocycles. The van der Waals surface area contributed by atoms with Crippen molar-refractivity contribution in [3.8, 4) is 16.2 Å². The summed E-state index contributed by atoms with van der Waals surface area (Å²) in [6.45, 7) is 0. The van der Waals surface area contributed by atoms with E-state index in [1.165, 1.54) is 0 Å². The van der Waals surface area contributed by atoms with Gasteiger partial charge in [-0.05, 0) is 42.0 Å². The van der Waals surface area contributed by atoms with Gasteiger partial charge in [0.05, 0.1) is 5.52 Å². The Bertz CT molecular complexity index is 1330. The highest BCUT2D eigenvalue weighted by Crippen LogP contribution is 2.30. The second-order valence-electron chi connectivity index (χ2n) is 6.52. The molecule has 9 heteroatoms. The molecule has 0 aliphatic heterocycles. The van der Waals surface area contributed by atoms with Crippen molar-refractivity contribution in [1.82, 2.24) is 9.97 Å². The van der Waals surface area contributed by atoms with E-state index in [1.807, 2.05) is 36.4 Å². The van der Waals surface area contributed by atoms with Gasteiger partial charge in [0.15, 0.2) is 5.75 Å². The summed E-state index contributed by atoms with van der Waals surface area (Å²) in [4.78, 5) is 43.0. The summed E-state index contributed by atoms with van der Waals surface area (Å²) in [6, 6.07) is 14.9. The van der Waals surface area contributed by atoms with E-state index in [1.54, 1.807) is 23.5 Å². The number of rotatable bonds is 6. The first-order chi connectivity index (χ1) is 14.5. The van der Waals surface area contributed by atoms with Gasteiger partial charge in [-0.15, -0.1) is 11.3 Å². The van der Waals surface area contributed by atoms with E-state index in [9.17, 15) is 19.5 Å². The summed E-state index contributed by atoms with van der Waals surface area (Å²) in [7, 11) is 0. The molecule has 3 heterocycles. The minimum absolute atomic E-state index is 0.159. The minimum atomic E-state index is -0.917. The van der Waals surface area contributed by atoms with Crippen LogP contribution in [0.25, 0.3) is 21.5 Å². The van der Waals surface area contributed by atoms with E-state index in [0.29, 0.717) is 24.0 Å². The third-order valence-corrected chi connectivity index (χ3v) is 5.68. The molecule has 0 fully saturated rings. The largest absolute Gasteiger partial charge is 0.502 e. The van der Waals surface area contributed by atoms with Crippen molar-refractivity contribution < 1.29 is 14.7 Å². The summed E-state index contributed by atoms with van der Waals surface area (Å²) in [5, 5.41) is 12.5. The normalized spacial score (nSPS) is 10.8. The lowest BCUT2D eigenvalue weighted by Crippen LogP contribution is -2.18. The fraction of sp³-hybridized carbons (Fsp3) is 0.0476. The van der Waals surface area contributed by atoms with Crippen LogP contribution >= 0.6 is 11.3 Å². The summed E-state index contributed by atoms with van der Waals surface area (Å²) in [6.07, 6.45) is 1.14. The number of H-pyrrole nitrogens is 1. The number of hydrogen-bond donors (Lipinski definition) is 4. The molecular formula is C21H16N4O4S. The van der Waals surface area contributed by atoms with E-state index in [0.717, 1.165) is 21.0 Å². The van der Waals surface area contributed by atoms with Crippen LogP contribution in [0.3, 0.4) is 0 Å². The van der Waals surface area contributed by atoms with Crippen LogP contribution in [-0.4, -0.2) is 27.4 Å². The number of nitrogens with one attached hydrogen (secondary N) is 2. The van der Waals surface area contributed by atoms with E-state index in [4.69, 9.17) is 5.73 Å². The lowest BCUT2D eigenvalue weighted by Gasteiger charge is -2.07. The Morgan fingerprint density at radius 1 is 1.17 bits per heavy atom. The van der Waals surface area contributed by atoms with Gasteiger partial charge in [-0.25, -0.2) is 4.98 Å². The number of aromatic amines is 1. The second-order valence-corrected chi connectivity index (χ2v) is 7.69. The molecule has 0 atom stereocenters. The molecule has 1 aromatic carbocycles. The number of pyridine rings is 2. The van der Waals surface area contributed by atoms with Gasteiger partial charge in [0.25, 0.3) is 11.5 Å². The molecule has 4 aromatic rings. The highest BCUT2D eigenvalue weighted by molar-refractivity contribution is 7.15. The van der Waals surface area contributed by atoms with Crippen molar-refractivity contribution in [2.75, 3.05) is 5.32 Å². The van der Waals surface area contributed by atoms with Crippen LogP contribution in [0.5, 0.6) is 5.75 Å². The zero-order valence-electron chi connectivity index (χ0n) is 15.5. The lowest BCUT2D eigenvalue weighted by atomic mass is 10.1. The first kappa shape index (κ1) is 19.3. The predicted octanol–water partition coefficient (Wildman–Crippen LogP) is 2.62. The Morgan fingerprint density at radius 3 is 2.63 bits per heavy atom. The molecule has 0 unspecified atom stereocenters. The number of aromatic hydroxyl groups is 1. The molecule has 5 N–H and O–H groups in total. The molecule has 0 spiro atoms. The molecule has 8 nitrogen and oxygen atoms in total. The van der Waals surface area contributed by atoms with Crippen molar-refractivity contribution >= 4 is 40.4 Å². The van der Waals surface area contributed by atoms with Crippen LogP contribution in [0.15, 0.2) is 53.3 Å². The van der Waals surface area contributed by atoms with E-state index < -0.39 is 17.2 Å². The van der Waals surface area contributed by atoms with Gasteiger partial charge in [-0.3, -0.25) is 14.4 Å². The maximum absolute atomic E-state index is 11.8. The highest BCUT2D eigenvalue weighted by Gasteiger charge is 2.18. The van der Waals surface area contributed by atoms with Crippen LogP contribution in [0, 0.1) is 0 Å². The Morgan fingerprint density at radius 2 is 1.93 bits per heavy atom. The van der Waals surface area contributed by atoms with Gasteiger partial charge >= 0.3 is 0 Å². The van der Waals surface area contributed by atoms with Crippen molar-refractivity contribution in [1.29, 1.82) is 0 Å². The van der Waals surface area contributed by atoms with Gasteiger partial charge < -0.3 is 21.1 Å². The molecule has 2 amide bonds. The van der Waals surface area contributed by atoms with Gasteiger partial charge in [-0.1, -0.05) is 12.1 Å². The van der Waals surface area contributed by atoms with Crippen LogP contribution in [0.2, 0.25) is 0 Å². The molecule has 0 aliphatic rings. The number of amides is 2. The van der Waals surface area contributed by atoms with Crippen molar-refractivity contribution in [3.63, 3.8) is 0 Å². The second kappa shape index (κ2) is 7.80. The zero-order chi connectivity index (χ0) is 21.3. The third kappa shape index (κ3) is 3.65. The number of carbonyl (C=O) groups is 2. The molecule has 0 aliphatic carbocycles. The molecule has 0 saturated heterocycles. The fourth-order valence-corrected chi connectivity index (χ4v) is 4.16. The highest BCUT2D eigenvalue weighted by atomic mass is 32.1. The Hall–Kier alpha value is -3.98. The topological polar surface area (TPSA) is 138 Å². The summed E-state index contributed by atoms with van der Waals surface area (Å²) < 4.78 is 0. The summed E-state index contributed by atoms with van der Waals surface area (Å²) in [5.74, 6) is -1.65. The van der Waals surface area contributed by atoms with Crippen molar-refractivity contribution in [3.05, 3.63) is 75.0 Å². The first-order valence-electron chi connectivity index (χ1n) is 8.90. The number of anilines is 1. The Balaban J connectivity index is 1.64.